The Bertz CT molecular complexity index is 885. The molecule has 2 aromatic heterocycles. The second kappa shape index (κ2) is 6.22. The van der Waals surface area contributed by atoms with Gasteiger partial charge in [0, 0.05) is 36.0 Å². The van der Waals surface area contributed by atoms with Crippen molar-refractivity contribution >= 4 is 39.0 Å². The molecule has 1 aliphatic heterocycles. The van der Waals surface area contributed by atoms with Crippen LogP contribution < -0.4 is 9.63 Å². The van der Waals surface area contributed by atoms with Gasteiger partial charge in [-0.05, 0) is 46.7 Å². The summed E-state index contributed by atoms with van der Waals surface area (Å²) in [6.45, 7) is 3.91. The molecule has 4 nitrogen and oxygen atoms in total. The van der Waals surface area contributed by atoms with Crippen LogP contribution >= 0.6 is 22.9 Å². The number of anilines is 1. The first-order chi connectivity index (χ1) is 11.6. The van der Waals surface area contributed by atoms with Crippen LogP contribution in [-0.2, 0) is 0 Å². The lowest BCUT2D eigenvalue weighted by atomic mass is 10.1. The molecule has 0 aliphatic carbocycles. The fourth-order valence-electron chi connectivity index (χ4n) is 3.20. The molecule has 124 valence electrons. The number of halogens is 1. The van der Waals surface area contributed by atoms with E-state index in [0.29, 0.717) is 5.82 Å². The van der Waals surface area contributed by atoms with Crippen molar-refractivity contribution in [3.63, 3.8) is 0 Å². The molecule has 1 aromatic carbocycles. The Morgan fingerprint density at radius 2 is 1.88 bits per heavy atom. The Balaban J connectivity index is 1.87. The Morgan fingerprint density at radius 3 is 2.58 bits per heavy atom. The number of piperidine rings is 1. The summed E-state index contributed by atoms with van der Waals surface area (Å²) in [5.41, 5.74) is 1.92. The smallest absolute Gasteiger partial charge is 0.337 e. The van der Waals surface area contributed by atoms with Crippen LogP contribution in [-0.4, -0.2) is 23.3 Å². The monoisotopic (exact) mass is 360 g/mol. The van der Waals surface area contributed by atoms with E-state index in [1.165, 1.54) is 24.0 Å². The maximum atomic E-state index is 10.4. The van der Waals surface area contributed by atoms with Gasteiger partial charge in [0.05, 0.1) is 0 Å². The molecule has 1 aliphatic rings. The van der Waals surface area contributed by atoms with Gasteiger partial charge in [0.15, 0.2) is 5.52 Å². The van der Waals surface area contributed by atoms with Crippen LogP contribution in [0.1, 0.15) is 25.1 Å². The largest absolute Gasteiger partial charge is 0.349 e. The van der Waals surface area contributed by atoms with Gasteiger partial charge in [-0.3, -0.25) is 0 Å². The molecule has 4 rings (SSSR count). The summed E-state index contributed by atoms with van der Waals surface area (Å²) in [5.74, 6) is 1.61. The van der Waals surface area contributed by atoms with Gasteiger partial charge in [0.2, 0.25) is 0 Å². The van der Waals surface area contributed by atoms with E-state index in [2.05, 4.69) is 9.88 Å². The summed E-state index contributed by atoms with van der Waals surface area (Å²) < 4.78 is 2.23. The lowest BCUT2D eigenvalue weighted by Crippen LogP contribution is -2.38. The summed E-state index contributed by atoms with van der Waals surface area (Å²) in [5, 5.41) is 11.1. The number of hydrogen-bond acceptors (Lipinski definition) is 4. The predicted octanol–water partition coefficient (Wildman–Crippen LogP) is 4.44. The highest BCUT2D eigenvalue weighted by atomic mass is 35.5. The maximum absolute atomic E-state index is 10.4. The van der Waals surface area contributed by atoms with E-state index in [9.17, 15) is 5.21 Å². The maximum Gasteiger partial charge on any atom is 0.337 e. The lowest BCUT2D eigenvalue weighted by Gasteiger charge is -2.25. The van der Waals surface area contributed by atoms with E-state index in [0.717, 1.165) is 44.6 Å². The minimum absolute atomic E-state index is 0.614. The van der Waals surface area contributed by atoms with Gasteiger partial charge in [-0.25, -0.2) is 0 Å². The number of aryl methyl sites for hydroxylation is 1. The normalized spacial score (nSPS) is 15.2. The van der Waals surface area contributed by atoms with Gasteiger partial charge in [-0.1, -0.05) is 23.7 Å². The molecule has 0 amide bonds. The van der Waals surface area contributed by atoms with Crippen molar-refractivity contribution in [2.24, 2.45) is 0 Å². The highest BCUT2D eigenvalue weighted by molar-refractivity contribution is 7.22. The molecular weight excluding hydrogens is 342 g/mol. The molecule has 0 atom stereocenters. The summed E-state index contributed by atoms with van der Waals surface area (Å²) in [6, 6.07) is 9.84. The number of thiophene rings is 1. The van der Waals surface area contributed by atoms with Crippen LogP contribution in [0.2, 0.25) is 5.02 Å². The second-order valence-corrected chi connectivity index (χ2v) is 7.66. The third-order valence-corrected chi connectivity index (χ3v) is 5.92. The number of hydrogen-bond donors (Lipinski definition) is 1. The fourth-order valence-corrected chi connectivity index (χ4v) is 4.49. The zero-order valence-corrected chi connectivity index (χ0v) is 15.1. The molecule has 0 bridgehead atoms. The van der Waals surface area contributed by atoms with Crippen molar-refractivity contribution < 1.29 is 9.94 Å². The predicted molar refractivity (Wildman–Crippen MR) is 98.2 cm³/mol. The standard InChI is InChI=1S/C18H19ClN3OS/c1-12-20-18(21-9-3-2-4-10-21)17-15(22(12)23)11-16(24-17)13-5-7-14(19)8-6-13/h5-8,11,23H,2-4,9-10H2,1H3/q+1. The molecule has 3 heterocycles. The second-order valence-electron chi connectivity index (χ2n) is 6.17. The Kier molecular flexibility index (Phi) is 4.06. The van der Waals surface area contributed by atoms with E-state index >= 15 is 0 Å². The summed E-state index contributed by atoms with van der Waals surface area (Å²) in [7, 11) is 0. The molecule has 1 fully saturated rings. The van der Waals surface area contributed by atoms with Crippen LogP contribution in [0.5, 0.6) is 0 Å². The Labute approximate surface area is 149 Å². The zero-order valence-electron chi connectivity index (χ0n) is 13.5. The minimum Gasteiger partial charge on any atom is -0.349 e. The molecule has 0 unspecified atom stereocenters. The van der Waals surface area contributed by atoms with Crippen molar-refractivity contribution in [1.82, 2.24) is 4.98 Å². The summed E-state index contributed by atoms with van der Waals surface area (Å²) in [6.07, 6.45) is 3.68. The Morgan fingerprint density at radius 1 is 1.17 bits per heavy atom. The van der Waals surface area contributed by atoms with E-state index < -0.39 is 0 Å². The molecule has 6 heteroatoms. The molecule has 1 N–H and O–H groups in total. The molecule has 0 radical (unpaired) electrons. The van der Waals surface area contributed by atoms with Crippen LogP contribution in [0.3, 0.4) is 0 Å². The fraction of sp³-hybridized carbons (Fsp3) is 0.333. The van der Waals surface area contributed by atoms with Gasteiger partial charge in [-0.2, -0.15) is 0 Å². The topological polar surface area (TPSA) is 40.2 Å². The van der Waals surface area contributed by atoms with Crippen LogP contribution in [0.15, 0.2) is 30.3 Å². The first kappa shape index (κ1) is 15.7. The van der Waals surface area contributed by atoms with E-state index in [1.807, 2.05) is 37.3 Å². The number of benzene rings is 1. The molecule has 3 aromatic rings. The van der Waals surface area contributed by atoms with Gasteiger partial charge >= 0.3 is 5.82 Å². The number of fused-ring (bicyclic) bond motifs is 1. The SMILES string of the molecule is Cc1nc(N2CCCCC2)c2sc(-c3ccc(Cl)cc3)cc2[n+]1O. The molecule has 0 spiro atoms. The summed E-state index contributed by atoms with van der Waals surface area (Å²) in [4.78, 5) is 8.13. The van der Waals surface area contributed by atoms with Crippen LogP contribution in [0.4, 0.5) is 5.82 Å². The third-order valence-electron chi connectivity index (χ3n) is 4.50. The van der Waals surface area contributed by atoms with E-state index in [1.54, 1.807) is 11.3 Å². The first-order valence-electron chi connectivity index (χ1n) is 8.20. The van der Waals surface area contributed by atoms with Crippen molar-refractivity contribution in [2.45, 2.75) is 26.2 Å². The van der Waals surface area contributed by atoms with Crippen molar-refractivity contribution in [2.75, 3.05) is 18.0 Å². The number of nitrogens with zero attached hydrogens (tertiary/aromatic N) is 3. The minimum atomic E-state index is 0.614. The zero-order chi connectivity index (χ0) is 16.7. The average Bonchev–Trinajstić information content (AvgIpc) is 3.05. The lowest BCUT2D eigenvalue weighted by molar-refractivity contribution is -0.890. The highest BCUT2D eigenvalue weighted by Crippen LogP contribution is 2.37. The first-order valence-corrected chi connectivity index (χ1v) is 9.39. The number of rotatable bonds is 2. The number of aromatic nitrogens is 2. The summed E-state index contributed by atoms with van der Waals surface area (Å²) >= 11 is 7.66. The van der Waals surface area contributed by atoms with Crippen LogP contribution in [0, 0.1) is 6.92 Å². The molecule has 24 heavy (non-hydrogen) atoms. The highest BCUT2D eigenvalue weighted by Gasteiger charge is 2.27. The molecular formula is C18H19ClN3OS+. The molecule has 1 saturated heterocycles. The average molecular weight is 361 g/mol. The van der Waals surface area contributed by atoms with Gasteiger partial charge < -0.3 is 10.1 Å². The van der Waals surface area contributed by atoms with Crippen molar-refractivity contribution in [3.05, 3.63) is 41.2 Å². The van der Waals surface area contributed by atoms with Gasteiger partial charge in [-0.15, -0.1) is 11.3 Å². The Hall–Kier alpha value is -1.85. The van der Waals surface area contributed by atoms with Crippen LogP contribution in [0.25, 0.3) is 20.7 Å². The van der Waals surface area contributed by atoms with E-state index in [-0.39, 0.29) is 0 Å². The molecule has 0 saturated carbocycles. The van der Waals surface area contributed by atoms with E-state index in [4.69, 9.17) is 11.6 Å². The van der Waals surface area contributed by atoms with Crippen molar-refractivity contribution in [1.29, 1.82) is 0 Å². The van der Waals surface area contributed by atoms with Gasteiger partial charge in [0.25, 0.3) is 5.82 Å². The van der Waals surface area contributed by atoms with Gasteiger partial charge in [0.1, 0.15) is 4.70 Å². The quantitative estimate of drug-likeness (QED) is 0.542. The van der Waals surface area contributed by atoms with Crippen molar-refractivity contribution in [3.8, 4) is 10.4 Å². The third kappa shape index (κ3) is 2.72.